The van der Waals surface area contributed by atoms with Gasteiger partial charge in [-0.2, -0.15) is 0 Å². The summed E-state index contributed by atoms with van der Waals surface area (Å²) in [5, 5.41) is 0. The molecule has 0 N–H and O–H groups in total. The van der Waals surface area contributed by atoms with E-state index < -0.39 is 7.60 Å². The Balaban J connectivity index is 2.45. The van der Waals surface area contributed by atoms with E-state index >= 15 is 0 Å². The second-order valence-electron chi connectivity index (χ2n) is 5.43. The molecule has 4 nitrogen and oxygen atoms in total. The Bertz CT molecular complexity index is 426. The van der Waals surface area contributed by atoms with Gasteiger partial charge in [-0.3, -0.25) is 9.42 Å². The largest absolute Gasteiger partial charge is 0.425 e. The van der Waals surface area contributed by atoms with Crippen LogP contribution in [0.5, 0.6) is 5.75 Å². The minimum atomic E-state index is -3.06. The fourth-order valence-corrected chi connectivity index (χ4v) is 3.09. The van der Waals surface area contributed by atoms with Crippen molar-refractivity contribution in [3.63, 3.8) is 0 Å². The zero-order valence-electron chi connectivity index (χ0n) is 13.1. The zero-order valence-corrected chi connectivity index (χ0v) is 14.0. The standard InChI is InChI=1S/C15H26NO3P/c1-13(2)16(14(3)4)11-12-18-20(5,17)19-15-9-7-6-8-10-15/h6-10,13-14H,11-12H2,1-5H3. The Morgan fingerprint density at radius 1 is 1.10 bits per heavy atom. The van der Waals surface area contributed by atoms with Crippen LogP contribution in [0.4, 0.5) is 0 Å². The summed E-state index contributed by atoms with van der Waals surface area (Å²) >= 11 is 0. The maximum absolute atomic E-state index is 12.2. The Hall–Kier alpha value is -0.830. The molecule has 0 bridgehead atoms. The average molecular weight is 299 g/mol. The summed E-state index contributed by atoms with van der Waals surface area (Å²) < 4.78 is 23.1. The lowest BCUT2D eigenvalue weighted by atomic mass is 10.2. The van der Waals surface area contributed by atoms with Crippen LogP contribution >= 0.6 is 7.60 Å². The summed E-state index contributed by atoms with van der Waals surface area (Å²) in [5.41, 5.74) is 0. The van der Waals surface area contributed by atoms with Gasteiger partial charge in [0.2, 0.25) is 0 Å². The molecule has 1 aromatic rings. The van der Waals surface area contributed by atoms with Crippen molar-refractivity contribution in [2.45, 2.75) is 39.8 Å². The highest BCUT2D eigenvalue weighted by Crippen LogP contribution is 2.44. The molecule has 0 aromatic heterocycles. The lowest BCUT2D eigenvalue weighted by molar-refractivity contribution is 0.137. The van der Waals surface area contributed by atoms with E-state index in [0.717, 1.165) is 6.54 Å². The highest BCUT2D eigenvalue weighted by molar-refractivity contribution is 7.53. The van der Waals surface area contributed by atoms with Crippen molar-refractivity contribution >= 4 is 7.60 Å². The van der Waals surface area contributed by atoms with Gasteiger partial charge in [-0.05, 0) is 39.8 Å². The van der Waals surface area contributed by atoms with Gasteiger partial charge >= 0.3 is 7.60 Å². The van der Waals surface area contributed by atoms with E-state index in [1.54, 1.807) is 12.1 Å². The second kappa shape index (κ2) is 7.82. The molecule has 0 saturated carbocycles. The lowest BCUT2D eigenvalue weighted by Gasteiger charge is -2.30. The van der Waals surface area contributed by atoms with Gasteiger partial charge < -0.3 is 4.52 Å². The second-order valence-corrected chi connectivity index (χ2v) is 7.42. The SMILES string of the molecule is CC(C)N(CCOP(C)(=O)Oc1ccccc1)C(C)C. The first kappa shape index (κ1) is 17.2. The van der Waals surface area contributed by atoms with Crippen LogP contribution in [-0.2, 0) is 9.09 Å². The Kier molecular flexibility index (Phi) is 6.74. The van der Waals surface area contributed by atoms with Crippen molar-refractivity contribution in [2.24, 2.45) is 0 Å². The number of hydrogen-bond acceptors (Lipinski definition) is 4. The molecule has 114 valence electrons. The molecule has 0 radical (unpaired) electrons. The van der Waals surface area contributed by atoms with Gasteiger partial charge in [0.05, 0.1) is 6.61 Å². The van der Waals surface area contributed by atoms with Gasteiger partial charge in [-0.1, -0.05) is 18.2 Å². The summed E-state index contributed by atoms with van der Waals surface area (Å²) in [6.45, 7) is 11.2. The summed E-state index contributed by atoms with van der Waals surface area (Å²) in [7, 11) is -3.06. The Morgan fingerprint density at radius 2 is 1.65 bits per heavy atom. The molecule has 0 heterocycles. The van der Waals surface area contributed by atoms with Gasteiger partial charge in [0, 0.05) is 25.3 Å². The van der Waals surface area contributed by atoms with E-state index in [1.807, 2.05) is 18.2 Å². The number of benzene rings is 1. The smallest absolute Gasteiger partial charge is 0.376 e. The van der Waals surface area contributed by atoms with Gasteiger partial charge in [-0.25, -0.2) is 4.57 Å². The van der Waals surface area contributed by atoms with E-state index in [4.69, 9.17) is 9.05 Å². The molecule has 0 fully saturated rings. The maximum atomic E-state index is 12.2. The van der Waals surface area contributed by atoms with E-state index in [9.17, 15) is 4.57 Å². The molecule has 0 saturated heterocycles. The summed E-state index contributed by atoms with van der Waals surface area (Å²) in [6.07, 6.45) is 0. The monoisotopic (exact) mass is 299 g/mol. The summed E-state index contributed by atoms with van der Waals surface area (Å²) in [5.74, 6) is 0.572. The van der Waals surface area contributed by atoms with Crippen molar-refractivity contribution in [1.29, 1.82) is 0 Å². The minimum Gasteiger partial charge on any atom is -0.425 e. The molecule has 0 amide bonds. The minimum absolute atomic E-state index is 0.400. The fraction of sp³-hybridized carbons (Fsp3) is 0.600. The molecule has 20 heavy (non-hydrogen) atoms. The van der Waals surface area contributed by atoms with Gasteiger partial charge in [-0.15, -0.1) is 0 Å². The predicted octanol–water partition coefficient (Wildman–Crippen LogP) is 4.02. The first-order chi connectivity index (χ1) is 9.32. The van der Waals surface area contributed by atoms with Crippen molar-refractivity contribution < 1.29 is 13.6 Å². The maximum Gasteiger partial charge on any atom is 0.376 e. The Labute approximate surface area is 122 Å². The molecule has 0 aliphatic rings. The molecule has 1 unspecified atom stereocenters. The molecule has 5 heteroatoms. The topological polar surface area (TPSA) is 38.8 Å². The normalized spacial score (nSPS) is 14.8. The van der Waals surface area contributed by atoms with Crippen molar-refractivity contribution in [1.82, 2.24) is 4.90 Å². The molecule has 1 atom stereocenters. The van der Waals surface area contributed by atoms with Gasteiger partial charge in [0.1, 0.15) is 5.75 Å². The zero-order chi connectivity index (χ0) is 15.2. The number of hydrogen-bond donors (Lipinski definition) is 0. The molecular formula is C15H26NO3P. The van der Waals surface area contributed by atoms with Crippen LogP contribution in [0.25, 0.3) is 0 Å². The van der Waals surface area contributed by atoms with E-state index in [1.165, 1.54) is 6.66 Å². The molecule has 0 spiro atoms. The molecule has 0 aliphatic heterocycles. The van der Waals surface area contributed by atoms with E-state index in [2.05, 4.69) is 32.6 Å². The summed E-state index contributed by atoms with van der Waals surface area (Å²) in [6, 6.07) is 9.98. The van der Waals surface area contributed by atoms with Crippen molar-refractivity contribution in [3.05, 3.63) is 30.3 Å². The van der Waals surface area contributed by atoms with E-state index in [-0.39, 0.29) is 0 Å². The van der Waals surface area contributed by atoms with Crippen LogP contribution < -0.4 is 4.52 Å². The number of rotatable bonds is 8. The predicted molar refractivity (Wildman–Crippen MR) is 83.5 cm³/mol. The van der Waals surface area contributed by atoms with Crippen LogP contribution in [-0.4, -0.2) is 36.8 Å². The van der Waals surface area contributed by atoms with Crippen LogP contribution in [0.2, 0.25) is 0 Å². The highest BCUT2D eigenvalue weighted by Gasteiger charge is 2.20. The lowest BCUT2D eigenvalue weighted by Crippen LogP contribution is -2.39. The van der Waals surface area contributed by atoms with Crippen molar-refractivity contribution in [3.8, 4) is 5.75 Å². The molecule has 1 aromatic carbocycles. The summed E-state index contributed by atoms with van der Waals surface area (Å²) in [4.78, 5) is 2.29. The fourth-order valence-electron chi connectivity index (χ4n) is 2.12. The van der Waals surface area contributed by atoms with Crippen LogP contribution in [0.15, 0.2) is 30.3 Å². The van der Waals surface area contributed by atoms with Crippen molar-refractivity contribution in [2.75, 3.05) is 19.8 Å². The third kappa shape index (κ3) is 6.08. The molecular weight excluding hydrogens is 273 g/mol. The van der Waals surface area contributed by atoms with Crippen LogP contribution in [0, 0.1) is 0 Å². The highest BCUT2D eigenvalue weighted by atomic mass is 31.2. The van der Waals surface area contributed by atoms with Crippen LogP contribution in [0.1, 0.15) is 27.7 Å². The quantitative estimate of drug-likeness (QED) is 0.680. The first-order valence-corrected chi connectivity index (χ1v) is 9.03. The number of nitrogens with zero attached hydrogens (tertiary/aromatic N) is 1. The number of para-hydroxylation sites is 1. The first-order valence-electron chi connectivity index (χ1n) is 7.04. The van der Waals surface area contributed by atoms with Gasteiger partial charge in [0.25, 0.3) is 0 Å². The van der Waals surface area contributed by atoms with Crippen LogP contribution in [0.3, 0.4) is 0 Å². The third-order valence-electron chi connectivity index (χ3n) is 3.02. The van der Waals surface area contributed by atoms with E-state index in [0.29, 0.717) is 24.4 Å². The third-order valence-corrected chi connectivity index (χ3v) is 4.21. The molecule has 0 aliphatic carbocycles. The van der Waals surface area contributed by atoms with Gasteiger partial charge in [0.15, 0.2) is 0 Å². The average Bonchev–Trinajstić information content (AvgIpc) is 2.34. The Morgan fingerprint density at radius 3 is 2.15 bits per heavy atom. The molecule has 1 rings (SSSR count).